The van der Waals surface area contributed by atoms with E-state index in [0.717, 1.165) is 5.56 Å². The molecule has 0 saturated heterocycles. The molecule has 1 aromatic carbocycles. The van der Waals surface area contributed by atoms with Crippen LogP contribution in [0.1, 0.15) is 5.56 Å². The highest BCUT2D eigenvalue weighted by molar-refractivity contribution is 7.91. The quantitative estimate of drug-likeness (QED) is 0.747. The van der Waals surface area contributed by atoms with Gasteiger partial charge < -0.3 is 0 Å². The van der Waals surface area contributed by atoms with E-state index in [0.29, 0.717) is 6.42 Å². The lowest BCUT2D eigenvalue weighted by Gasteiger charge is -1.99. The molecule has 3 nitrogen and oxygen atoms in total. The van der Waals surface area contributed by atoms with Crippen LogP contribution in [0.3, 0.4) is 0 Å². The summed E-state index contributed by atoms with van der Waals surface area (Å²) in [5.74, 6) is -0.343. The van der Waals surface area contributed by atoms with E-state index in [1.807, 2.05) is 30.3 Å². The summed E-state index contributed by atoms with van der Waals surface area (Å²) in [6.45, 7) is 0. The van der Waals surface area contributed by atoms with Crippen LogP contribution in [0, 0.1) is 11.3 Å². The Morgan fingerprint density at radius 1 is 1.21 bits per heavy atom. The van der Waals surface area contributed by atoms with E-state index in [9.17, 15) is 8.42 Å². The third-order valence-corrected chi connectivity index (χ3v) is 3.22. The highest BCUT2D eigenvalue weighted by Gasteiger charge is 2.09. The minimum absolute atomic E-state index is 0.0462. The zero-order valence-corrected chi connectivity index (χ0v) is 8.50. The summed E-state index contributed by atoms with van der Waals surface area (Å²) in [5, 5.41) is 8.27. The van der Waals surface area contributed by atoms with Crippen molar-refractivity contribution in [3.05, 3.63) is 35.9 Å². The van der Waals surface area contributed by atoms with Gasteiger partial charge in [0.05, 0.1) is 11.8 Å². The van der Waals surface area contributed by atoms with E-state index >= 15 is 0 Å². The highest BCUT2D eigenvalue weighted by atomic mass is 32.2. The maximum absolute atomic E-state index is 11.2. The molecule has 74 valence electrons. The van der Waals surface area contributed by atoms with E-state index in [-0.39, 0.29) is 11.5 Å². The molecule has 0 aromatic heterocycles. The molecular formula is C10H11NO2S. The van der Waals surface area contributed by atoms with Crippen LogP contribution >= 0.6 is 0 Å². The Hall–Kier alpha value is -1.34. The number of hydrogen-bond donors (Lipinski definition) is 0. The molecule has 0 radical (unpaired) electrons. The number of nitrogens with zero attached hydrogens (tertiary/aromatic N) is 1. The monoisotopic (exact) mass is 209 g/mol. The van der Waals surface area contributed by atoms with Crippen LogP contribution in [0.4, 0.5) is 0 Å². The van der Waals surface area contributed by atoms with Gasteiger partial charge in [-0.3, -0.25) is 0 Å². The van der Waals surface area contributed by atoms with Crippen LogP contribution in [-0.2, 0) is 16.3 Å². The van der Waals surface area contributed by atoms with Crippen molar-refractivity contribution in [2.45, 2.75) is 6.42 Å². The standard InChI is InChI=1S/C10H11NO2S/c11-7-9-14(12,13)8-6-10-4-2-1-3-5-10/h1-5H,6,8-9H2. The maximum Gasteiger partial charge on any atom is 0.163 e. The number of sulfone groups is 1. The molecule has 4 heteroatoms. The first kappa shape index (κ1) is 10.7. The Balaban J connectivity index is 2.55. The minimum Gasteiger partial charge on any atom is -0.228 e. The average molecular weight is 209 g/mol. The van der Waals surface area contributed by atoms with Gasteiger partial charge in [-0.05, 0) is 12.0 Å². The van der Waals surface area contributed by atoms with E-state index in [1.54, 1.807) is 6.07 Å². The van der Waals surface area contributed by atoms with Gasteiger partial charge >= 0.3 is 0 Å². The Kier molecular flexibility index (Phi) is 3.66. The van der Waals surface area contributed by atoms with Gasteiger partial charge in [0.25, 0.3) is 0 Å². The third-order valence-electron chi connectivity index (χ3n) is 1.83. The molecule has 0 N–H and O–H groups in total. The maximum atomic E-state index is 11.2. The van der Waals surface area contributed by atoms with Gasteiger partial charge in [-0.1, -0.05) is 30.3 Å². The number of hydrogen-bond acceptors (Lipinski definition) is 3. The molecule has 0 saturated carbocycles. The molecule has 14 heavy (non-hydrogen) atoms. The Morgan fingerprint density at radius 2 is 1.86 bits per heavy atom. The van der Waals surface area contributed by atoms with Gasteiger partial charge in [0, 0.05) is 0 Å². The molecule has 0 aliphatic rings. The molecule has 0 aliphatic carbocycles. The fourth-order valence-corrected chi connectivity index (χ4v) is 1.98. The minimum atomic E-state index is -3.19. The van der Waals surface area contributed by atoms with Crippen LogP contribution in [0.15, 0.2) is 30.3 Å². The molecule has 0 heterocycles. The Labute approximate surface area is 83.9 Å². The van der Waals surface area contributed by atoms with Crippen LogP contribution in [0.25, 0.3) is 0 Å². The largest absolute Gasteiger partial charge is 0.228 e. The molecule has 0 bridgehead atoms. The first-order chi connectivity index (χ1) is 6.64. The lowest BCUT2D eigenvalue weighted by molar-refractivity contribution is 0.598. The first-order valence-electron chi connectivity index (χ1n) is 4.25. The average Bonchev–Trinajstić information content (AvgIpc) is 2.17. The normalized spacial score (nSPS) is 10.8. The van der Waals surface area contributed by atoms with Crippen LogP contribution in [-0.4, -0.2) is 19.9 Å². The number of benzene rings is 1. The highest BCUT2D eigenvalue weighted by Crippen LogP contribution is 2.02. The zero-order chi connectivity index (χ0) is 10.4. The van der Waals surface area contributed by atoms with Gasteiger partial charge in [0.15, 0.2) is 9.84 Å². The Morgan fingerprint density at radius 3 is 2.43 bits per heavy atom. The zero-order valence-electron chi connectivity index (χ0n) is 7.68. The SMILES string of the molecule is N#CCS(=O)(=O)CCc1ccccc1. The van der Waals surface area contributed by atoms with Gasteiger partial charge in [-0.15, -0.1) is 0 Å². The molecule has 0 unspecified atom stereocenters. The fourth-order valence-electron chi connectivity index (χ4n) is 1.09. The smallest absolute Gasteiger partial charge is 0.163 e. The van der Waals surface area contributed by atoms with Gasteiger partial charge in [-0.25, -0.2) is 8.42 Å². The summed E-state index contributed by atoms with van der Waals surface area (Å²) in [5.41, 5.74) is 0.981. The van der Waals surface area contributed by atoms with Gasteiger partial charge in [0.2, 0.25) is 0 Å². The summed E-state index contributed by atoms with van der Waals surface area (Å²) < 4.78 is 22.4. The van der Waals surface area contributed by atoms with Crippen molar-refractivity contribution >= 4 is 9.84 Å². The summed E-state index contributed by atoms with van der Waals surface area (Å²) in [4.78, 5) is 0. The Bertz CT molecular complexity index is 417. The second kappa shape index (κ2) is 4.77. The summed E-state index contributed by atoms with van der Waals surface area (Å²) >= 11 is 0. The molecule has 1 aromatic rings. The van der Waals surface area contributed by atoms with Crippen molar-refractivity contribution in [1.82, 2.24) is 0 Å². The lowest BCUT2D eigenvalue weighted by atomic mass is 10.2. The molecule has 0 fully saturated rings. The van der Waals surface area contributed by atoms with Crippen molar-refractivity contribution in [3.63, 3.8) is 0 Å². The second-order valence-electron chi connectivity index (χ2n) is 2.99. The molecule has 0 amide bonds. The van der Waals surface area contributed by atoms with E-state index in [1.165, 1.54) is 0 Å². The van der Waals surface area contributed by atoms with E-state index < -0.39 is 9.84 Å². The lowest BCUT2D eigenvalue weighted by Crippen LogP contribution is -2.11. The first-order valence-corrected chi connectivity index (χ1v) is 6.07. The van der Waals surface area contributed by atoms with Crippen molar-refractivity contribution in [3.8, 4) is 6.07 Å². The molecule has 0 aliphatic heterocycles. The van der Waals surface area contributed by atoms with E-state index in [4.69, 9.17) is 5.26 Å². The third kappa shape index (κ3) is 3.58. The predicted octanol–water partition coefficient (Wildman–Crippen LogP) is 1.17. The number of rotatable bonds is 4. The predicted molar refractivity (Wildman–Crippen MR) is 54.4 cm³/mol. The summed E-state index contributed by atoms with van der Waals surface area (Å²) in [7, 11) is -3.19. The van der Waals surface area contributed by atoms with Crippen molar-refractivity contribution in [2.75, 3.05) is 11.5 Å². The summed E-state index contributed by atoms with van der Waals surface area (Å²) in [6, 6.07) is 11.0. The molecule has 1 rings (SSSR count). The summed E-state index contributed by atoms with van der Waals surface area (Å²) in [6.07, 6.45) is 0.477. The fraction of sp³-hybridized carbons (Fsp3) is 0.300. The van der Waals surface area contributed by atoms with Gasteiger partial charge in [0.1, 0.15) is 5.75 Å². The van der Waals surface area contributed by atoms with Crippen LogP contribution in [0.2, 0.25) is 0 Å². The van der Waals surface area contributed by atoms with Crippen LogP contribution in [0.5, 0.6) is 0 Å². The second-order valence-corrected chi connectivity index (χ2v) is 5.17. The topological polar surface area (TPSA) is 57.9 Å². The number of nitriles is 1. The van der Waals surface area contributed by atoms with Crippen molar-refractivity contribution in [2.24, 2.45) is 0 Å². The van der Waals surface area contributed by atoms with Crippen molar-refractivity contribution in [1.29, 1.82) is 5.26 Å². The van der Waals surface area contributed by atoms with Crippen molar-refractivity contribution < 1.29 is 8.42 Å². The van der Waals surface area contributed by atoms with Crippen LogP contribution < -0.4 is 0 Å². The number of aryl methyl sites for hydroxylation is 1. The van der Waals surface area contributed by atoms with Gasteiger partial charge in [-0.2, -0.15) is 5.26 Å². The molecule has 0 atom stereocenters. The van der Waals surface area contributed by atoms with E-state index in [2.05, 4.69) is 0 Å². The molecular weight excluding hydrogens is 198 g/mol. The molecule has 0 spiro atoms.